The van der Waals surface area contributed by atoms with E-state index in [9.17, 15) is 13.2 Å². The molecule has 5 nitrogen and oxygen atoms in total. The van der Waals surface area contributed by atoms with E-state index in [0.717, 1.165) is 9.87 Å². The lowest BCUT2D eigenvalue weighted by molar-refractivity contribution is -0.125. The van der Waals surface area contributed by atoms with Gasteiger partial charge >= 0.3 is 0 Å². The monoisotopic (exact) mass is 357 g/mol. The van der Waals surface area contributed by atoms with E-state index in [1.54, 1.807) is 37.5 Å². The van der Waals surface area contributed by atoms with E-state index >= 15 is 0 Å². The highest BCUT2D eigenvalue weighted by Crippen LogP contribution is 2.30. The Hall–Kier alpha value is -2.60. The van der Waals surface area contributed by atoms with Crippen molar-refractivity contribution in [1.29, 1.82) is 0 Å². The number of sulfonamides is 1. The van der Waals surface area contributed by atoms with Crippen molar-refractivity contribution in [2.24, 2.45) is 0 Å². The second-order valence-corrected chi connectivity index (χ2v) is 7.71. The van der Waals surface area contributed by atoms with E-state index in [2.05, 4.69) is 0 Å². The highest BCUT2D eigenvalue weighted by atomic mass is 32.2. The first kappa shape index (κ1) is 17.2. The predicted molar refractivity (Wildman–Crippen MR) is 95.4 cm³/mol. The van der Waals surface area contributed by atoms with Gasteiger partial charge in [-0.2, -0.15) is 0 Å². The van der Waals surface area contributed by atoms with Gasteiger partial charge in [-0.1, -0.05) is 48.5 Å². The third kappa shape index (κ3) is 3.91. The molecule has 6 heteroatoms. The summed E-state index contributed by atoms with van der Waals surface area (Å²) in [5.74, 6) is -0.0807. The fraction of sp³-hybridized carbons (Fsp3) is 0.211. The number of amides is 1. The largest absolute Gasteiger partial charge is 0.497 e. The molecule has 1 amide bonds. The lowest BCUT2D eigenvalue weighted by Gasteiger charge is -2.26. The second-order valence-electron chi connectivity index (χ2n) is 5.86. The molecule has 2 aromatic rings. The molecule has 0 saturated heterocycles. The van der Waals surface area contributed by atoms with Crippen molar-refractivity contribution >= 4 is 15.9 Å². The van der Waals surface area contributed by atoms with Crippen molar-refractivity contribution in [2.75, 3.05) is 7.11 Å². The van der Waals surface area contributed by atoms with E-state index in [1.807, 2.05) is 30.3 Å². The van der Waals surface area contributed by atoms with E-state index in [0.29, 0.717) is 11.3 Å². The van der Waals surface area contributed by atoms with Crippen molar-refractivity contribution < 1.29 is 17.9 Å². The molecule has 0 aromatic heterocycles. The van der Waals surface area contributed by atoms with E-state index in [4.69, 9.17) is 4.74 Å². The third-order valence-electron chi connectivity index (χ3n) is 4.11. The maximum Gasteiger partial charge on any atom is 0.245 e. The van der Waals surface area contributed by atoms with Crippen molar-refractivity contribution in [3.05, 3.63) is 78.0 Å². The molecule has 1 heterocycles. The van der Waals surface area contributed by atoms with Gasteiger partial charge in [-0.3, -0.25) is 4.79 Å². The van der Waals surface area contributed by atoms with Crippen LogP contribution in [0.3, 0.4) is 0 Å². The second kappa shape index (κ2) is 7.11. The average Bonchev–Trinajstić information content (AvgIpc) is 2.62. The Morgan fingerprint density at radius 2 is 1.88 bits per heavy atom. The topological polar surface area (TPSA) is 63.7 Å². The first-order valence-corrected chi connectivity index (χ1v) is 9.51. The molecular formula is C19H19NO4S. The minimum absolute atomic E-state index is 0.109. The number of ether oxygens (including phenoxy) is 1. The van der Waals surface area contributed by atoms with Gasteiger partial charge in [-0.15, -0.1) is 0 Å². The molecular weight excluding hydrogens is 338 g/mol. The zero-order chi connectivity index (χ0) is 17.9. The minimum atomic E-state index is -3.73. The van der Waals surface area contributed by atoms with Gasteiger partial charge < -0.3 is 4.74 Å². The van der Waals surface area contributed by atoms with Gasteiger partial charge in [0, 0.05) is 18.5 Å². The van der Waals surface area contributed by atoms with Crippen molar-refractivity contribution in [3.63, 3.8) is 0 Å². The maximum absolute atomic E-state index is 12.5. The first-order valence-electron chi connectivity index (χ1n) is 7.91. The number of carbonyl (C=O) groups excluding carboxylic acids is 1. The van der Waals surface area contributed by atoms with E-state index in [-0.39, 0.29) is 18.1 Å². The summed E-state index contributed by atoms with van der Waals surface area (Å²) in [5, 5.41) is 0. The van der Waals surface area contributed by atoms with Gasteiger partial charge in [0.15, 0.2) is 0 Å². The molecule has 1 aliphatic heterocycles. The Morgan fingerprint density at radius 1 is 1.12 bits per heavy atom. The van der Waals surface area contributed by atoms with E-state index < -0.39 is 15.9 Å². The van der Waals surface area contributed by atoms with Crippen LogP contribution in [0.5, 0.6) is 5.75 Å². The van der Waals surface area contributed by atoms with Gasteiger partial charge in [0.25, 0.3) is 0 Å². The minimum Gasteiger partial charge on any atom is -0.497 e. The molecule has 0 radical (unpaired) electrons. The third-order valence-corrected chi connectivity index (χ3v) is 5.73. The summed E-state index contributed by atoms with van der Waals surface area (Å²) in [5.41, 5.74) is 1.57. The molecule has 25 heavy (non-hydrogen) atoms. The molecule has 1 aliphatic rings. The highest BCUT2D eigenvalue weighted by molar-refractivity contribution is 7.88. The molecule has 3 rings (SSSR count). The van der Waals surface area contributed by atoms with Crippen LogP contribution in [0.4, 0.5) is 0 Å². The quantitative estimate of drug-likeness (QED) is 0.825. The van der Waals surface area contributed by atoms with Gasteiger partial charge in [0.1, 0.15) is 5.75 Å². The highest BCUT2D eigenvalue weighted by Gasteiger charge is 2.31. The number of carbonyl (C=O) groups is 1. The molecule has 2 aromatic carbocycles. The van der Waals surface area contributed by atoms with Crippen LogP contribution in [-0.2, 0) is 20.6 Å². The van der Waals surface area contributed by atoms with E-state index in [1.165, 1.54) is 6.20 Å². The van der Waals surface area contributed by atoms with Gasteiger partial charge in [0.2, 0.25) is 15.9 Å². The molecule has 130 valence electrons. The summed E-state index contributed by atoms with van der Waals surface area (Å²) < 4.78 is 31.1. The molecule has 0 N–H and O–H groups in total. The number of rotatable bonds is 5. The van der Waals surface area contributed by atoms with Crippen LogP contribution < -0.4 is 4.74 Å². The number of hydrogen-bond donors (Lipinski definition) is 0. The molecule has 0 bridgehead atoms. The smallest absolute Gasteiger partial charge is 0.245 e. The standard InChI is InChI=1S/C19H19NO4S/c1-24-18-9-5-8-16(12-18)17-10-11-20(19(21)13-17)25(22,23)14-15-6-3-2-4-7-15/h2-12,17H,13-14H2,1H3. The van der Waals surface area contributed by atoms with Gasteiger partial charge in [-0.25, -0.2) is 12.7 Å². The van der Waals surface area contributed by atoms with Crippen molar-refractivity contribution in [3.8, 4) is 5.75 Å². The first-order chi connectivity index (χ1) is 12.0. The van der Waals surface area contributed by atoms with Gasteiger partial charge in [-0.05, 0) is 23.3 Å². The Balaban J connectivity index is 1.80. The zero-order valence-electron chi connectivity index (χ0n) is 13.8. The zero-order valence-corrected chi connectivity index (χ0v) is 14.6. The maximum atomic E-state index is 12.5. The predicted octanol–water partition coefficient (Wildman–Crippen LogP) is 3.05. The number of allylic oxidation sites excluding steroid dienone is 1. The lowest BCUT2D eigenvalue weighted by atomic mass is 9.93. The van der Waals surface area contributed by atoms with Crippen LogP contribution in [0.2, 0.25) is 0 Å². The SMILES string of the molecule is COc1cccc(C2C=CN(S(=O)(=O)Cc3ccccc3)C(=O)C2)c1. The van der Waals surface area contributed by atoms with Crippen LogP contribution in [0, 0.1) is 0 Å². The fourth-order valence-electron chi connectivity index (χ4n) is 2.81. The summed E-state index contributed by atoms with van der Waals surface area (Å²) in [7, 11) is -2.15. The average molecular weight is 357 g/mol. The number of nitrogens with zero attached hydrogens (tertiary/aromatic N) is 1. The number of methoxy groups -OCH3 is 1. The van der Waals surface area contributed by atoms with Crippen LogP contribution in [0.15, 0.2) is 66.9 Å². The Kier molecular flexibility index (Phi) is 4.90. The summed E-state index contributed by atoms with van der Waals surface area (Å²) >= 11 is 0. The van der Waals surface area contributed by atoms with Crippen molar-refractivity contribution in [2.45, 2.75) is 18.1 Å². The molecule has 0 fully saturated rings. The Labute approximate surface area is 147 Å². The summed E-state index contributed by atoms with van der Waals surface area (Å²) in [4.78, 5) is 12.4. The van der Waals surface area contributed by atoms with Crippen LogP contribution >= 0.6 is 0 Å². The normalized spacial score (nSPS) is 17.6. The summed E-state index contributed by atoms with van der Waals surface area (Å²) in [6.07, 6.45) is 3.23. The molecule has 0 saturated carbocycles. The lowest BCUT2D eigenvalue weighted by Crippen LogP contribution is -2.36. The summed E-state index contributed by atoms with van der Waals surface area (Å²) in [6.45, 7) is 0. The van der Waals surface area contributed by atoms with Crippen molar-refractivity contribution in [1.82, 2.24) is 4.31 Å². The fourth-order valence-corrected chi connectivity index (χ4v) is 4.21. The Bertz CT molecular complexity index is 891. The van der Waals surface area contributed by atoms with Crippen LogP contribution in [0.1, 0.15) is 23.5 Å². The van der Waals surface area contributed by atoms with Crippen LogP contribution in [-0.4, -0.2) is 25.7 Å². The Morgan fingerprint density at radius 3 is 2.56 bits per heavy atom. The van der Waals surface area contributed by atoms with Gasteiger partial charge in [0.05, 0.1) is 12.9 Å². The molecule has 1 unspecified atom stereocenters. The summed E-state index contributed by atoms with van der Waals surface area (Å²) in [6, 6.07) is 16.3. The number of benzene rings is 2. The molecule has 0 spiro atoms. The number of hydrogen-bond acceptors (Lipinski definition) is 4. The molecule has 0 aliphatic carbocycles. The molecule has 1 atom stereocenters. The van der Waals surface area contributed by atoms with Crippen LogP contribution in [0.25, 0.3) is 0 Å².